The summed E-state index contributed by atoms with van der Waals surface area (Å²) in [7, 11) is 0. The average molecular weight is 447 g/mol. The molecule has 180 valence electrons. The molecule has 2 heteroatoms. The molecule has 1 aromatic carbocycles. The van der Waals surface area contributed by atoms with Crippen LogP contribution in [0, 0.1) is 47.8 Å². The number of hydrogen-bond donors (Lipinski definition) is 1. The van der Waals surface area contributed by atoms with E-state index in [1.54, 1.807) is 0 Å². The lowest BCUT2D eigenvalue weighted by Crippen LogP contribution is -2.12. The first-order valence-corrected chi connectivity index (χ1v) is 12.9. The fourth-order valence-electron chi connectivity index (χ4n) is 5.44. The van der Waals surface area contributed by atoms with Gasteiger partial charge in [-0.15, -0.1) is 0 Å². The Labute approximate surface area is 203 Å². The number of nitriles is 1. The SMILES string of the molecule is C=C1Nc2cc(C)cc(c2C#N)CC(C)CC(C)CC(C)/C=C(\C)C(C)C(C)CC/C=C/1C. The minimum Gasteiger partial charge on any atom is -0.355 e. The predicted molar refractivity (Wildman–Crippen MR) is 144 cm³/mol. The molecule has 33 heavy (non-hydrogen) atoms. The van der Waals surface area contributed by atoms with Crippen LogP contribution in [-0.4, -0.2) is 0 Å². The molecule has 0 saturated heterocycles. The zero-order valence-electron chi connectivity index (χ0n) is 22.4. The molecule has 1 aromatic rings. The van der Waals surface area contributed by atoms with Crippen molar-refractivity contribution >= 4 is 5.69 Å². The van der Waals surface area contributed by atoms with Gasteiger partial charge in [-0.2, -0.15) is 5.26 Å². The van der Waals surface area contributed by atoms with Crippen molar-refractivity contribution in [3.05, 3.63) is 64.4 Å². The van der Waals surface area contributed by atoms with Crippen molar-refractivity contribution < 1.29 is 0 Å². The first kappa shape index (κ1) is 27.0. The molecule has 1 N–H and O–H groups in total. The van der Waals surface area contributed by atoms with Gasteiger partial charge in [-0.3, -0.25) is 0 Å². The van der Waals surface area contributed by atoms with Gasteiger partial charge >= 0.3 is 0 Å². The van der Waals surface area contributed by atoms with Crippen LogP contribution in [0.25, 0.3) is 0 Å². The van der Waals surface area contributed by atoms with Crippen LogP contribution in [0.15, 0.2) is 47.7 Å². The molecule has 0 aliphatic carbocycles. The summed E-state index contributed by atoms with van der Waals surface area (Å²) in [4.78, 5) is 0. The zero-order chi connectivity index (χ0) is 24.7. The molecule has 0 spiro atoms. The van der Waals surface area contributed by atoms with Crippen LogP contribution in [0.4, 0.5) is 5.69 Å². The number of aryl methyl sites for hydroxylation is 1. The summed E-state index contributed by atoms with van der Waals surface area (Å²) in [6.45, 7) is 22.7. The van der Waals surface area contributed by atoms with E-state index < -0.39 is 0 Å². The molecule has 0 fully saturated rings. The topological polar surface area (TPSA) is 35.8 Å². The molecule has 5 unspecified atom stereocenters. The number of nitrogens with one attached hydrogen (secondary N) is 1. The van der Waals surface area contributed by atoms with E-state index in [1.807, 2.05) is 0 Å². The van der Waals surface area contributed by atoms with E-state index in [9.17, 15) is 5.26 Å². The highest BCUT2D eigenvalue weighted by atomic mass is 14.9. The quantitative estimate of drug-likeness (QED) is 0.404. The van der Waals surface area contributed by atoms with Crippen molar-refractivity contribution in [3.8, 4) is 6.07 Å². The number of fused-ring (bicyclic) bond motifs is 2. The van der Waals surface area contributed by atoms with Crippen molar-refractivity contribution in [2.45, 2.75) is 87.5 Å². The third kappa shape index (κ3) is 7.92. The number of rotatable bonds is 0. The first-order chi connectivity index (χ1) is 15.5. The van der Waals surface area contributed by atoms with Crippen molar-refractivity contribution in [2.24, 2.45) is 29.6 Å². The standard InChI is InChI=1S/C31H46N2/c1-20-13-21(2)15-26(7)27(8)24(5)11-10-12-25(6)28(9)33-31-18-23(4)17-29(30(31)19-32)16-22(3)14-20/h12,15,17-18,20-22,24,27,33H,9-11,13-14,16H2,1-8H3/b25-12+,26-15+. The lowest BCUT2D eigenvalue weighted by molar-refractivity contribution is 0.362. The van der Waals surface area contributed by atoms with Crippen LogP contribution in [-0.2, 0) is 6.42 Å². The summed E-state index contributed by atoms with van der Waals surface area (Å²) >= 11 is 0. The van der Waals surface area contributed by atoms with Crippen LogP contribution in [0.5, 0.6) is 0 Å². The summed E-state index contributed by atoms with van der Waals surface area (Å²) in [5.74, 6) is 3.03. The maximum atomic E-state index is 10.0. The van der Waals surface area contributed by atoms with Gasteiger partial charge in [0.2, 0.25) is 0 Å². The van der Waals surface area contributed by atoms with Crippen molar-refractivity contribution in [3.63, 3.8) is 0 Å². The largest absolute Gasteiger partial charge is 0.355 e. The Morgan fingerprint density at radius 2 is 1.70 bits per heavy atom. The third-order valence-corrected chi connectivity index (χ3v) is 7.58. The van der Waals surface area contributed by atoms with E-state index in [1.165, 1.54) is 24.0 Å². The van der Waals surface area contributed by atoms with Crippen molar-refractivity contribution in [1.82, 2.24) is 0 Å². The summed E-state index contributed by atoms with van der Waals surface area (Å²) in [6, 6.07) is 6.75. The van der Waals surface area contributed by atoms with Gasteiger partial charge in [0.25, 0.3) is 0 Å². The van der Waals surface area contributed by atoms with E-state index in [0.717, 1.165) is 47.3 Å². The Bertz CT molecular complexity index is 927. The van der Waals surface area contributed by atoms with E-state index >= 15 is 0 Å². The summed E-state index contributed by atoms with van der Waals surface area (Å²) < 4.78 is 0. The number of benzene rings is 1. The molecule has 5 atom stereocenters. The van der Waals surface area contributed by atoms with Gasteiger partial charge in [-0.1, -0.05) is 65.0 Å². The van der Waals surface area contributed by atoms with Crippen molar-refractivity contribution in [1.29, 1.82) is 5.26 Å². The predicted octanol–water partition coefficient (Wildman–Crippen LogP) is 8.98. The van der Waals surface area contributed by atoms with Gasteiger partial charge in [0.15, 0.2) is 0 Å². The number of anilines is 1. The van der Waals surface area contributed by atoms with Crippen LogP contribution in [0.2, 0.25) is 0 Å². The number of allylic oxidation sites excluding steroid dienone is 4. The maximum absolute atomic E-state index is 10.0. The molecule has 0 amide bonds. The Morgan fingerprint density at radius 1 is 1.00 bits per heavy atom. The normalized spacial score (nSPS) is 31.5. The lowest BCUT2D eigenvalue weighted by atomic mass is 9.82. The second-order valence-corrected chi connectivity index (χ2v) is 11.1. The number of hydrogen-bond acceptors (Lipinski definition) is 2. The second kappa shape index (κ2) is 12.3. The summed E-state index contributed by atoms with van der Waals surface area (Å²) in [6.07, 6.45) is 10.3. The third-order valence-electron chi connectivity index (χ3n) is 7.58. The molecular formula is C31H46N2. The Kier molecular flexibility index (Phi) is 10.0. The molecule has 0 aromatic heterocycles. The Balaban J connectivity index is 2.40. The summed E-state index contributed by atoms with van der Waals surface area (Å²) in [5.41, 5.74) is 7.56. The van der Waals surface area contributed by atoms with Crippen LogP contribution >= 0.6 is 0 Å². The number of nitrogens with zero attached hydrogens (tertiary/aromatic N) is 1. The minimum atomic E-state index is 0.532. The Morgan fingerprint density at radius 3 is 2.36 bits per heavy atom. The molecular weight excluding hydrogens is 400 g/mol. The fourth-order valence-corrected chi connectivity index (χ4v) is 5.44. The van der Waals surface area contributed by atoms with E-state index in [2.05, 4.69) is 97.6 Å². The van der Waals surface area contributed by atoms with Gasteiger partial charge in [0.1, 0.15) is 6.07 Å². The fraction of sp³-hybridized carbons (Fsp3) is 0.581. The summed E-state index contributed by atoms with van der Waals surface area (Å²) in [5, 5.41) is 13.5. The zero-order valence-corrected chi connectivity index (χ0v) is 22.4. The molecule has 2 rings (SSSR count). The van der Waals surface area contributed by atoms with Crippen LogP contribution in [0.3, 0.4) is 0 Å². The van der Waals surface area contributed by atoms with Gasteiger partial charge in [0.05, 0.1) is 11.3 Å². The van der Waals surface area contributed by atoms with Crippen LogP contribution in [0.1, 0.15) is 90.8 Å². The molecule has 0 radical (unpaired) electrons. The maximum Gasteiger partial charge on any atom is 0.102 e. The smallest absolute Gasteiger partial charge is 0.102 e. The average Bonchev–Trinajstić information content (AvgIpc) is 2.71. The highest BCUT2D eigenvalue weighted by Gasteiger charge is 2.18. The first-order valence-electron chi connectivity index (χ1n) is 12.9. The highest BCUT2D eigenvalue weighted by molar-refractivity contribution is 5.66. The molecule has 1 heterocycles. The Hall–Kier alpha value is -2.27. The monoisotopic (exact) mass is 446 g/mol. The second-order valence-electron chi connectivity index (χ2n) is 11.1. The highest BCUT2D eigenvalue weighted by Crippen LogP contribution is 2.31. The molecule has 1 aliphatic rings. The lowest BCUT2D eigenvalue weighted by Gasteiger charge is -2.23. The van der Waals surface area contributed by atoms with Gasteiger partial charge in [0, 0.05) is 5.70 Å². The van der Waals surface area contributed by atoms with Gasteiger partial charge in [-0.25, -0.2) is 0 Å². The van der Waals surface area contributed by atoms with Gasteiger partial charge in [-0.05, 0) is 105 Å². The van der Waals surface area contributed by atoms with E-state index in [0.29, 0.717) is 29.6 Å². The van der Waals surface area contributed by atoms with Crippen molar-refractivity contribution in [2.75, 3.05) is 5.32 Å². The molecule has 2 nitrogen and oxygen atoms in total. The van der Waals surface area contributed by atoms with Gasteiger partial charge < -0.3 is 5.32 Å². The van der Waals surface area contributed by atoms with E-state index in [-0.39, 0.29) is 0 Å². The molecule has 0 saturated carbocycles. The van der Waals surface area contributed by atoms with Crippen LogP contribution < -0.4 is 5.32 Å². The van der Waals surface area contributed by atoms with E-state index in [4.69, 9.17) is 0 Å². The minimum absolute atomic E-state index is 0.532. The molecule has 1 aliphatic heterocycles. The molecule has 2 bridgehead atoms.